The summed E-state index contributed by atoms with van der Waals surface area (Å²) in [5.41, 5.74) is 0.894. The van der Waals surface area contributed by atoms with Crippen LogP contribution < -0.4 is 4.90 Å². The van der Waals surface area contributed by atoms with Crippen LogP contribution in [0.1, 0.15) is 23.8 Å². The van der Waals surface area contributed by atoms with E-state index in [2.05, 4.69) is 17.8 Å². The zero-order chi connectivity index (χ0) is 12.0. The predicted molar refractivity (Wildman–Crippen MR) is 62.5 cm³/mol. The Kier molecular flexibility index (Phi) is 4.34. The van der Waals surface area contributed by atoms with E-state index in [9.17, 15) is 4.79 Å². The molecule has 0 aliphatic carbocycles. The van der Waals surface area contributed by atoms with Gasteiger partial charge in [0.1, 0.15) is 5.69 Å². The molecule has 0 atom stereocenters. The van der Waals surface area contributed by atoms with Crippen LogP contribution in [0.5, 0.6) is 0 Å². The topological polar surface area (TPSA) is 53.4 Å². The van der Waals surface area contributed by atoms with E-state index in [-0.39, 0.29) is 5.69 Å². The fraction of sp³-hybridized carbons (Fsp3) is 0.333. The second kappa shape index (κ2) is 5.76. The fourth-order valence-electron chi connectivity index (χ4n) is 1.38. The third kappa shape index (κ3) is 2.99. The van der Waals surface area contributed by atoms with Gasteiger partial charge in [-0.05, 0) is 18.6 Å². The Morgan fingerprint density at radius 2 is 2.38 bits per heavy atom. The van der Waals surface area contributed by atoms with Crippen molar-refractivity contribution in [2.24, 2.45) is 0 Å². The molecule has 4 nitrogen and oxygen atoms in total. The second-order valence-electron chi connectivity index (χ2n) is 3.33. The maximum Gasteiger partial charge on any atom is 0.354 e. The summed E-state index contributed by atoms with van der Waals surface area (Å²) in [5.74, 6) is 1.55. The van der Waals surface area contributed by atoms with Crippen molar-refractivity contribution in [3.8, 4) is 12.3 Å². The van der Waals surface area contributed by atoms with E-state index in [4.69, 9.17) is 11.5 Å². The third-order valence-corrected chi connectivity index (χ3v) is 2.11. The minimum atomic E-state index is -1.02. The highest BCUT2D eigenvalue weighted by atomic mass is 16.4. The van der Waals surface area contributed by atoms with Crippen LogP contribution >= 0.6 is 0 Å². The summed E-state index contributed by atoms with van der Waals surface area (Å²) in [6.45, 7) is 3.39. The molecule has 16 heavy (non-hydrogen) atoms. The van der Waals surface area contributed by atoms with Crippen molar-refractivity contribution in [2.45, 2.75) is 13.3 Å². The van der Waals surface area contributed by atoms with Gasteiger partial charge in [-0.25, -0.2) is 9.78 Å². The molecule has 0 saturated heterocycles. The molecule has 0 unspecified atom stereocenters. The Hall–Kier alpha value is -2.02. The van der Waals surface area contributed by atoms with Gasteiger partial charge in [0, 0.05) is 6.54 Å². The fourth-order valence-corrected chi connectivity index (χ4v) is 1.38. The number of rotatable bonds is 5. The highest BCUT2D eigenvalue weighted by Gasteiger charge is 2.07. The molecule has 1 heterocycles. The highest BCUT2D eigenvalue weighted by molar-refractivity contribution is 5.85. The SMILES string of the molecule is C#CCN(CCC)c1ccc(C(=O)O)nc1. The number of nitrogens with zero attached hydrogens (tertiary/aromatic N) is 2. The minimum absolute atomic E-state index is 0.0425. The molecule has 0 aromatic carbocycles. The molecule has 1 aromatic heterocycles. The summed E-state index contributed by atoms with van der Waals surface area (Å²) in [5, 5.41) is 8.71. The van der Waals surface area contributed by atoms with Gasteiger partial charge in [-0.3, -0.25) is 0 Å². The number of aromatic nitrogens is 1. The van der Waals surface area contributed by atoms with Gasteiger partial charge < -0.3 is 10.0 Å². The average Bonchev–Trinajstić information content (AvgIpc) is 2.29. The van der Waals surface area contributed by atoms with Crippen molar-refractivity contribution < 1.29 is 9.90 Å². The third-order valence-electron chi connectivity index (χ3n) is 2.11. The second-order valence-corrected chi connectivity index (χ2v) is 3.33. The van der Waals surface area contributed by atoms with Crippen LogP contribution in [0.2, 0.25) is 0 Å². The van der Waals surface area contributed by atoms with Crippen molar-refractivity contribution in [3.05, 3.63) is 24.0 Å². The molecule has 1 rings (SSSR count). The molecular formula is C12H14N2O2. The molecule has 4 heteroatoms. The maximum atomic E-state index is 10.6. The predicted octanol–water partition coefficient (Wildman–Crippen LogP) is 1.63. The molecule has 1 aromatic rings. The van der Waals surface area contributed by atoms with Gasteiger partial charge in [0.25, 0.3) is 0 Å². The van der Waals surface area contributed by atoms with Crippen LogP contribution in [0.3, 0.4) is 0 Å². The minimum Gasteiger partial charge on any atom is -0.477 e. The summed E-state index contributed by atoms with van der Waals surface area (Å²) in [6, 6.07) is 3.21. The summed E-state index contributed by atoms with van der Waals surface area (Å²) in [6.07, 6.45) is 7.78. The lowest BCUT2D eigenvalue weighted by atomic mass is 10.3. The Morgan fingerprint density at radius 1 is 1.62 bits per heavy atom. The van der Waals surface area contributed by atoms with Gasteiger partial charge in [-0.1, -0.05) is 12.8 Å². The van der Waals surface area contributed by atoms with E-state index in [1.807, 2.05) is 4.90 Å². The van der Waals surface area contributed by atoms with E-state index in [0.29, 0.717) is 6.54 Å². The number of aromatic carboxylic acids is 1. The van der Waals surface area contributed by atoms with Crippen LogP contribution in [-0.2, 0) is 0 Å². The molecular weight excluding hydrogens is 204 g/mol. The number of hydrogen-bond acceptors (Lipinski definition) is 3. The van der Waals surface area contributed by atoms with Crippen LogP contribution in [0.4, 0.5) is 5.69 Å². The van der Waals surface area contributed by atoms with E-state index < -0.39 is 5.97 Å². The number of carbonyl (C=O) groups is 1. The molecule has 0 fully saturated rings. The molecule has 84 valence electrons. The summed E-state index contributed by atoms with van der Waals surface area (Å²) >= 11 is 0. The van der Waals surface area contributed by atoms with Gasteiger partial charge >= 0.3 is 5.97 Å². The zero-order valence-electron chi connectivity index (χ0n) is 9.18. The van der Waals surface area contributed by atoms with E-state index in [0.717, 1.165) is 18.7 Å². The number of pyridine rings is 1. The summed E-state index contributed by atoms with van der Waals surface area (Å²) in [7, 11) is 0. The lowest BCUT2D eigenvalue weighted by Crippen LogP contribution is -2.24. The molecule has 0 amide bonds. The van der Waals surface area contributed by atoms with Crippen molar-refractivity contribution in [2.75, 3.05) is 18.0 Å². The Labute approximate surface area is 94.9 Å². The van der Waals surface area contributed by atoms with Crippen LogP contribution in [-0.4, -0.2) is 29.1 Å². The normalized spacial score (nSPS) is 9.50. The van der Waals surface area contributed by atoms with Crippen molar-refractivity contribution in [1.82, 2.24) is 4.98 Å². The average molecular weight is 218 g/mol. The van der Waals surface area contributed by atoms with Crippen molar-refractivity contribution >= 4 is 11.7 Å². The zero-order valence-corrected chi connectivity index (χ0v) is 9.18. The first kappa shape index (κ1) is 12.1. The molecule has 0 radical (unpaired) electrons. The largest absolute Gasteiger partial charge is 0.477 e. The van der Waals surface area contributed by atoms with Crippen molar-refractivity contribution in [3.63, 3.8) is 0 Å². The molecule has 0 spiro atoms. The Balaban J connectivity index is 2.85. The molecule has 0 saturated carbocycles. The van der Waals surface area contributed by atoms with Gasteiger partial charge in [0.2, 0.25) is 0 Å². The molecule has 0 aliphatic heterocycles. The van der Waals surface area contributed by atoms with Crippen LogP contribution in [0.15, 0.2) is 18.3 Å². The lowest BCUT2D eigenvalue weighted by molar-refractivity contribution is 0.0690. The first-order valence-electron chi connectivity index (χ1n) is 5.06. The number of carboxylic acids is 1. The van der Waals surface area contributed by atoms with Gasteiger partial charge in [-0.2, -0.15) is 0 Å². The Bertz CT molecular complexity index is 392. The summed E-state index contributed by atoms with van der Waals surface area (Å²) in [4.78, 5) is 16.5. The first-order chi connectivity index (χ1) is 7.69. The van der Waals surface area contributed by atoms with Crippen LogP contribution in [0.25, 0.3) is 0 Å². The van der Waals surface area contributed by atoms with E-state index in [1.54, 1.807) is 6.07 Å². The summed E-state index contributed by atoms with van der Waals surface area (Å²) < 4.78 is 0. The number of hydrogen-bond donors (Lipinski definition) is 1. The monoisotopic (exact) mass is 218 g/mol. The highest BCUT2D eigenvalue weighted by Crippen LogP contribution is 2.13. The quantitative estimate of drug-likeness (QED) is 0.763. The lowest BCUT2D eigenvalue weighted by Gasteiger charge is -2.21. The van der Waals surface area contributed by atoms with E-state index >= 15 is 0 Å². The van der Waals surface area contributed by atoms with Gasteiger partial charge in [-0.15, -0.1) is 6.42 Å². The molecule has 0 aliphatic rings. The number of terminal acetylenes is 1. The van der Waals surface area contributed by atoms with E-state index in [1.165, 1.54) is 12.3 Å². The molecule has 1 N–H and O–H groups in total. The Morgan fingerprint density at radius 3 is 2.81 bits per heavy atom. The smallest absolute Gasteiger partial charge is 0.354 e. The van der Waals surface area contributed by atoms with Gasteiger partial charge in [0.05, 0.1) is 18.4 Å². The number of anilines is 1. The van der Waals surface area contributed by atoms with Crippen LogP contribution in [0, 0.1) is 12.3 Å². The van der Waals surface area contributed by atoms with Crippen molar-refractivity contribution in [1.29, 1.82) is 0 Å². The standard InChI is InChI=1S/C12H14N2O2/c1-3-7-14(8-4-2)10-5-6-11(12(15)16)13-9-10/h1,5-6,9H,4,7-8H2,2H3,(H,15,16). The van der Waals surface area contributed by atoms with Gasteiger partial charge in [0.15, 0.2) is 0 Å². The number of carboxylic acid groups (broad SMARTS) is 1. The first-order valence-corrected chi connectivity index (χ1v) is 5.06. The maximum absolute atomic E-state index is 10.6. The molecule has 0 bridgehead atoms.